The van der Waals surface area contributed by atoms with Crippen molar-refractivity contribution in [3.63, 3.8) is 0 Å². The molecule has 1 aromatic heterocycles. The van der Waals surface area contributed by atoms with Crippen LogP contribution in [-0.4, -0.2) is 34.5 Å². The van der Waals surface area contributed by atoms with Crippen molar-refractivity contribution in [1.29, 1.82) is 0 Å². The van der Waals surface area contributed by atoms with E-state index in [1.165, 1.54) is 12.1 Å². The van der Waals surface area contributed by atoms with Gasteiger partial charge in [-0.05, 0) is 61.9 Å². The Morgan fingerprint density at radius 1 is 1.23 bits per heavy atom. The Morgan fingerprint density at radius 2 is 2.00 bits per heavy atom. The molecule has 3 heterocycles. The van der Waals surface area contributed by atoms with Crippen molar-refractivity contribution in [3.05, 3.63) is 71.0 Å². The van der Waals surface area contributed by atoms with Crippen LogP contribution in [-0.2, 0) is 0 Å². The summed E-state index contributed by atoms with van der Waals surface area (Å²) in [5.41, 5.74) is 2.65. The number of rotatable bonds is 5. The van der Waals surface area contributed by atoms with Gasteiger partial charge in [0.15, 0.2) is 0 Å². The van der Waals surface area contributed by atoms with Crippen molar-refractivity contribution in [2.45, 2.75) is 38.8 Å². The summed E-state index contributed by atoms with van der Waals surface area (Å²) >= 11 is 1.54. The Balaban J connectivity index is 1.45. The Labute approximate surface area is 185 Å². The molecule has 1 saturated carbocycles. The van der Waals surface area contributed by atoms with Gasteiger partial charge in [-0.2, -0.15) is 0 Å². The lowest BCUT2D eigenvalue weighted by Gasteiger charge is -2.57. The van der Waals surface area contributed by atoms with Gasteiger partial charge in [-0.3, -0.25) is 4.79 Å². The lowest BCUT2D eigenvalue weighted by atomic mass is 9.64. The molecule has 0 spiro atoms. The number of halogens is 1. The molecule has 6 rings (SSSR count). The minimum absolute atomic E-state index is 0.0142. The van der Waals surface area contributed by atoms with E-state index in [9.17, 15) is 9.18 Å². The summed E-state index contributed by atoms with van der Waals surface area (Å²) in [5.74, 6) is 1.37. The lowest BCUT2D eigenvalue weighted by Crippen LogP contribution is -2.64. The molecule has 2 atom stereocenters. The van der Waals surface area contributed by atoms with Crippen LogP contribution in [0.5, 0.6) is 5.75 Å². The number of aromatic nitrogens is 1. The third-order valence-electron chi connectivity index (χ3n) is 6.79. The van der Waals surface area contributed by atoms with Gasteiger partial charge in [-0.1, -0.05) is 24.6 Å². The standard InChI is InChI=1S/C25H25FN2O2S/c1-15-3-8-21(24-27-9-10-31-24)22(11-15)25(29)28-19-12-17(13-19)16(2)23(28)14-30-20-6-4-18(26)5-7-20/h3-11,16-17,19,23H,12-14H2,1-2H3/t16-,17?,19?,23?/m1/s1. The van der Waals surface area contributed by atoms with Crippen LogP contribution in [0.3, 0.4) is 0 Å². The van der Waals surface area contributed by atoms with Crippen molar-refractivity contribution in [3.8, 4) is 16.3 Å². The molecule has 0 N–H and O–H groups in total. The number of carbonyl (C=O) groups excluding carboxylic acids is 1. The van der Waals surface area contributed by atoms with Crippen molar-refractivity contribution in [1.82, 2.24) is 9.88 Å². The second-order valence-electron chi connectivity index (χ2n) is 8.68. The highest BCUT2D eigenvalue weighted by atomic mass is 32.1. The first-order valence-corrected chi connectivity index (χ1v) is 11.6. The number of piperidine rings is 2. The zero-order chi connectivity index (χ0) is 21.5. The zero-order valence-electron chi connectivity index (χ0n) is 17.6. The van der Waals surface area contributed by atoms with E-state index in [4.69, 9.17) is 4.74 Å². The summed E-state index contributed by atoms with van der Waals surface area (Å²) in [6, 6.07) is 12.3. The van der Waals surface area contributed by atoms with Crippen molar-refractivity contribution >= 4 is 17.2 Å². The lowest BCUT2D eigenvalue weighted by molar-refractivity contribution is -0.0670. The Hall–Kier alpha value is -2.73. The summed E-state index contributed by atoms with van der Waals surface area (Å²) < 4.78 is 19.2. The molecule has 2 aromatic carbocycles. The summed E-state index contributed by atoms with van der Waals surface area (Å²) in [5, 5.41) is 2.79. The van der Waals surface area contributed by atoms with Gasteiger partial charge in [-0.15, -0.1) is 11.3 Å². The van der Waals surface area contributed by atoms with Crippen LogP contribution in [0.4, 0.5) is 4.39 Å². The number of thiazole rings is 1. The van der Waals surface area contributed by atoms with Gasteiger partial charge in [0.2, 0.25) is 0 Å². The highest BCUT2D eigenvalue weighted by Crippen LogP contribution is 2.47. The molecule has 3 aliphatic rings. The van der Waals surface area contributed by atoms with Crippen LogP contribution < -0.4 is 4.74 Å². The van der Waals surface area contributed by atoms with Crippen LogP contribution in [0.2, 0.25) is 0 Å². The van der Waals surface area contributed by atoms with Crippen LogP contribution in [0.1, 0.15) is 35.7 Å². The van der Waals surface area contributed by atoms with E-state index >= 15 is 0 Å². The molecule has 2 bridgehead atoms. The zero-order valence-corrected chi connectivity index (χ0v) is 18.4. The Kier molecular flexibility index (Phi) is 5.26. The van der Waals surface area contributed by atoms with E-state index in [1.807, 2.05) is 30.5 Å². The molecular weight excluding hydrogens is 411 g/mol. The SMILES string of the molecule is Cc1ccc(-c2nccs2)c(C(=O)N2C3CC(C3)[C@@H](C)C2COc2ccc(F)cc2)c1. The fourth-order valence-electron chi connectivity index (χ4n) is 4.90. The number of carbonyl (C=O) groups is 1. The summed E-state index contributed by atoms with van der Waals surface area (Å²) in [4.78, 5) is 20.4. The largest absolute Gasteiger partial charge is 0.491 e. The molecule has 3 fully saturated rings. The van der Waals surface area contributed by atoms with E-state index in [0.29, 0.717) is 29.8 Å². The fourth-order valence-corrected chi connectivity index (χ4v) is 5.58. The molecular formula is C25H25FN2O2S. The van der Waals surface area contributed by atoms with Crippen LogP contribution >= 0.6 is 11.3 Å². The maximum absolute atomic E-state index is 13.9. The maximum Gasteiger partial charge on any atom is 0.255 e. The topological polar surface area (TPSA) is 42.4 Å². The molecule has 1 amide bonds. The Bertz CT molecular complexity index is 1080. The second kappa shape index (κ2) is 8.08. The fraction of sp³-hybridized carbons (Fsp3) is 0.360. The van der Waals surface area contributed by atoms with E-state index in [-0.39, 0.29) is 23.8 Å². The Morgan fingerprint density at radius 3 is 2.71 bits per heavy atom. The van der Waals surface area contributed by atoms with Crippen LogP contribution in [0.25, 0.3) is 10.6 Å². The first-order chi connectivity index (χ1) is 15.0. The third-order valence-corrected chi connectivity index (χ3v) is 7.59. The second-order valence-corrected chi connectivity index (χ2v) is 9.57. The van der Waals surface area contributed by atoms with E-state index in [0.717, 1.165) is 29.0 Å². The normalized spacial score (nSPS) is 24.5. The van der Waals surface area contributed by atoms with Gasteiger partial charge in [0.05, 0.1) is 11.6 Å². The highest BCUT2D eigenvalue weighted by Gasteiger charge is 2.51. The van der Waals surface area contributed by atoms with E-state index in [2.05, 4.69) is 16.8 Å². The molecule has 3 aromatic rings. The summed E-state index contributed by atoms with van der Waals surface area (Å²) in [7, 11) is 0. The van der Waals surface area contributed by atoms with Gasteiger partial charge in [0.1, 0.15) is 23.2 Å². The van der Waals surface area contributed by atoms with Gasteiger partial charge in [-0.25, -0.2) is 9.37 Å². The number of hydrogen-bond donors (Lipinski definition) is 0. The minimum atomic E-state index is -0.286. The number of nitrogens with zero attached hydrogens (tertiary/aromatic N) is 2. The average molecular weight is 437 g/mol. The molecule has 6 heteroatoms. The number of hydrogen-bond acceptors (Lipinski definition) is 4. The quantitative estimate of drug-likeness (QED) is 0.525. The van der Waals surface area contributed by atoms with Crippen LogP contribution in [0, 0.1) is 24.6 Å². The molecule has 0 radical (unpaired) electrons. The molecule has 1 unspecified atom stereocenters. The number of benzene rings is 2. The van der Waals surface area contributed by atoms with Gasteiger partial charge >= 0.3 is 0 Å². The van der Waals surface area contributed by atoms with Gasteiger partial charge < -0.3 is 9.64 Å². The van der Waals surface area contributed by atoms with E-state index < -0.39 is 0 Å². The predicted octanol–water partition coefficient (Wildman–Crippen LogP) is 5.58. The van der Waals surface area contributed by atoms with Crippen molar-refractivity contribution in [2.75, 3.05) is 6.61 Å². The number of amides is 1. The molecule has 4 nitrogen and oxygen atoms in total. The number of aryl methyl sites for hydroxylation is 1. The highest BCUT2D eigenvalue weighted by molar-refractivity contribution is 7.13. The first kappa shape index (κ1) is 20.2. The maximum atomic E-state index is 13.9. The smallest absolute Gasteiger partial charge is 0.255 e. The molecule has 2 aliphatic heterocycles. The monoisotopic (exact) mass is 436 g/mol. The van der Waals surface area contributed by atoms with Crippen molar-refractivity contribution < 1.29 is 13.9 Å². The average Bonchev–Trinajstić information content (AvgIpc) is 3.27. The summed E-state index contributed by atoms with van der Waals surface area (Å²) in [6.07, 6.45) is 3.88. The number of ether oxygens (including phenoxy) is 1. The van der Waals surface area contributed by atoms with Gasteiger partial charge in [0.25, 0.3) is 5.91 Å². The van der Waals surface area contributed by atoms with Crippen molar-refractivity contribution in [2.24, 2.45) is 11.8 Å². The third kappa shape index (κ3) is 3.74. The molecule has 1 aliphatic carbocycles. The van der Waals surface area contributed by atoms with E-state index in [1.54, 1.807) is 29.7 Å². The molecule has 2 saturated heterocycles. The molecule has 160 valence electrons. The van der Waals surface area contributed by atoms with Gasteiger partial charge in [0, 0.05) is 23.2 Å². The predicted molar refractivity (Wildman–Crippen MR) is 120 cm³/mol. The first-order valence-electron chi connectivity index (χ1n) is 10.7. The minimum Gasteiger partial charge on any atom is -0.491 e. The van der Waals surface area contributed by atoms with Crippen LogP contribution in [0.15, 0.2) is 54.0 Å². The molecule has 31 heavy (non-hydrogen) atoms. The number of fused-ring (bicyclic) bond motifs is 2. The summed E-state index contributed by atoms with van der Waals surface area (Å²) in [6.45, 7) is 4.64.